The number of aromatic nitrogens is 1. The number of carbonyl (C=O) groups excluding carboxylic acids is 1. The number of nitrogens with zero attached hydrogens (tertiary/aromatic N) is 1. The number of benzene rings is 2. The van der Waals surface area contributed by atoms with E-state index in [1.807, 2.05) is 49.4 Å². The third-order valence-corrected chi connectivity index (χ3v) is 4.84. The van der Waals surface area contributed by atoms with E-state index in [0.29, 0.717) is 5.92 Å². The molecule has 1 aromatic heterocycles. The lowest BCUT2D eigenvalue weighted by Crippen LogP contribution is -2.30. The fourth-order valence-electron chi connectivity index (χ4n) is 3.15. The van der Waals surface area contributed by atoms with Crippen molar-refractivity contribution < 1.29 is 9.53 Å². The van der Waals surface area contributed by atoms with Crippen molar-refractivity contribution >= 4 is 11.6 Å². The van der Waals surface area contributed by atoms with E-state index < -0.39 is 6.10 Å². The number of nitrogens with one attached hydrogen (secondary N) is 1. The molecule has 1 amide bonds. The van der Waals surface area contributed by atoms with E-state index in [1.54, 1.807) is 19.3 Å². The highest BCUT2D eigenvalue weighted by Gasteiger charge is 2.18. The van der Waals surface area contributed by atoms with E-state index in [-0.39, 0.29) is 5.91 Å². The lowest BCUT2D eigenvalue weighted by Gasteiger charge is -2.19. The first-order valence-electron chi connectivity index (χ1n) is 9.98. The molecule has 3 rings (SSSR count). The predicted molar refractivity (Wildman–Crippen MR) is 117 cm³/mol. The Labute approximate surface area is 173 Å². The molecule has 0 aliphatic carbocycles. The second-order valence-corrected chi connectivity index (χ2v) is 7.67. The molecule has 150 valence electrons. The molecule has 0 bridgehead atoms. The third-order valence-electron chi connectivity index (χ3n) is 4.84. The Morgan fingerprint density at radius 2 is 1.62 bits per heavy atom. The number of rotatable bonds is 7. The smallest absolute Gasteiger partial charge is 0.265 e. The first kappa shape index (κ1) is 20.6. The summed E-state index contributed by atoms with van der Waals surface area (Å²) in [6.07, 6.45) is 3.83. The summed E-state index contributed by atoms with van der Waals surface area (Å²) in [6.45, 7) is 8.04. The fourth-order valence-corrected chi connectivity index (χ4v) is 3.15. The molecule has 0 saturated heterocycles. The molecule has 0 saturated carbocycles. The summed E-state index contributed by atoms with van der Waals surface area (Å²) in [7, 11) is 0. The van der Waals surface area contributed by atoms with Crippen molar-refractivity contribution in [2.45, 2.75) is 46.1 Å². The molecular formula is C25H28N2O2. The molecule has 1 N–H and O–H groups in total. The highest BCUT2D eigenvalue weighted by molar-refractivity contribution is 5.94. The number of aryl methyl sites for hydroxylation is 1. The van der Waals surface area contributed by atoms with Crippen LogP contribution in [0.1, 0.15) is 48.9 Å². The molecule has 0 aliphatic rings. The van der Waals surface area contributed by atoms with Crippen LogP contribution in [0.15, 0.2) is 67.0 Å². The van der Waals surface area contributed by atoms with Crippen LogP contribution >= 0.6 is 0 Å². The third kappa shape index (κ3) is 5.67. The maximum atomic E-state index is 12.6. The van der Waals surface area contributed by atoms with Gasteiger partial charge < -0.3 is 10.1 Å². The second-order valence-electron chi connectivity index (χ2n) is 7.67. The molecule has 1 atom stereocenters. The van der Waals surface area contributed by atoms with Gasteiger partial charge >= 0.3 is 0 Å². The maximum absolute atomic E-state index is 12.6. The normalized spacial score (nSPS) is 11.9. The summed E-state index contributed by atoms with van der Waals surface area (Å²) in [5, 5.41) is 2.94. The molecular weight excluding hydrogens is 360 g/mol. The Morgan fingerprint density at radius 1 is 0.966 bits per heavy atom. The number of pyridine rings is 1. The number of hydrogen-bond acceptors (Lipinski definition) is 3. The number of hydrogen-bond donors (Lipinski definition) is 1. The van der Waals surface area contributed by atoms with Crippen LogP contribution < -0.4 is 10.1 Å². The molecule has 2 aromatic carbocycles. The van der Waals surface area contributed by atoms with Crippen LogP contribution in [0, 0.1) is 6.92 Å². The SMILES string of the molecule is Cc1ccc(C(C)C)c(OC(C)C(=O)Nc2ccc(Cc3ccncc3)cc2)c1. The fraction of sp³-hybridized carbons (Fsp3) is 0.280. The van der Waals surface area contributed by atoms with Crippen LogP contribution in [0.3, 0.4) is 0 Å². The lowest BCUT2D eigenvalue weighted by atomic mass is 10.0. The lowest BCUT2D eigenvalue weighted by molar-refractivity contribution is -0.122. The number of anilines is 1. The minimum Gasteiger partial charge on any atom is -0.481 e. The molecule has 0 fully saturated rings. The summed E-state index contributed by atoms with van der Waals surface area (Å²) < 4.78 is 6.01. The van der Waals surface area contributed by atoms with E-state index in [1.165, 1.54) is 11.1 Å². The Balaban J connectivity index is 1.62. The summed E-state index contributed by atoms with van der Waals surface area (Å²) in [4.78, 5) is 16.7. The minimum absolute atomic E-state index is 0.164. The van der Waals surface area contributed by atoms with E-state index in [0.717, 1.165) is 29.0 Å². The summed E-state index contributed by atoms with van der Waals surface area (Å²) in [5.74, 6) is 0.937. The van der Waals surface area contributed by atoms with Gasteiger partial charge in [0.2, 0.25) is 0 Å². The molecule has 4 heteroatoms. The van der Waals surface area contributed by atoms with Crippen LogP contribution in [-0.2, 0) is 11.2 Å². The maximum Gasteiger partial charge on any atom is 0.265 e. The Morgan fingerprint density at radius 3 is 2.28 bits per heavy atom. The zero-order valence-electron chi connectivity index (χ0n) is 17.5. The molecule has 1 heterocycles. The van der Waals surface area contributed by atoms with Crippen molar-refractivity contribution in [3.05, 3.63) is 89.2 Å². The van der Waals surface area contributed by atoms with E-state index in [2.05, 4.69) is 36.3 Å². The van der Waals surface area contributed by atoms with E-state index in [9.17, 15) is 4.79 Å². The summed E-state index contributed by atoms with van der Waals surface area (Å²) in [5.41, 5.74) is 5.37. The topological polar surface area (TPSA) is 51.2 Å². The van der Waals surface area contributed by atoms with Crippen LogP contribution in [-0.4, -0.2) is 17.0 Å². The highest BCUT2D eigenvalue weighted by atomic mass is 16.5. The van der Waals surface area contributed by atoms with Gasteiger partial charge in [0.1, 0.15) is 5.75 Å². The van der Waals surface area contributed by atoms with Crippen molar-refractivity contribution in [1.82, 2.24) is 4.98 Å². The quantitative estimate of drug-likeness (QED) is 0.580. The van der Waals surface area contributed by atoms with Crippen LogP contribution in [0.4, 0.5) is 5.69 Å². The van der Waals surface area contributed by atoms with Crippen molar-refractivity contribution in [3.8, 4) is 5.75 Å². The zero-order valence-corrected chi connectivity index (χ0v) is 17.5. The van der Waals surface area contributed by atoms with Crippen molar-refractivity contribution in [1.29, 1.82) is 0 Å². The Bertz CT molecular complexity index is 950. The monoisotopic (exact) mass is 388 g/mol. The zero-order chi connectivity index (χ0) is 20.8. The molecule has 0 radical (unpaired) electrons. The largest absolute Gasteiger partial charge is 0.481 e. The van der Waals surface area contributed by atoms with Gasteiger partial charge in [-0.3, -0.25) is 9.78 Å². The van der Waals surface area contributed by atoms with Gasteiger partial charge in [0.25, 0.3) is 5.91 Å². The van der Waals surface area contributed by atoms with Crippen molar-refractivity contribution in [3.63, 3.8) is 0 Å². The number of amides is 1. The minimum atomic E-state index is -0.592. The van der Waals surface area contributed by atoms with Gasteiger partial charge in [-0.15, -0.1) is 0 Å². The Hall–Kier alpha value is -3.14. The van der Waals surface area contributed by atoms with Crippen LogP contribution in [0.25, 0.3) is 0 Å². The average Bonchev–Trinajstić information content (AvgIpc) is 2.70. The van der Waals surface area contributed by atoms with Gasteiger partial charge in [-0.05, 0) is 78.8 Å². The van der Waals surface area contributed by atoms with Crippen LogP contribution in [0.2, 0.25) is 0 Å². The van der Waals surface area contributed by atoms with Gasteiger partial charge in [-0.1, -0.05) is 38.1 Å². The number of carbonyl (C=O) groups is 1. The second kappa shape index (κ2) is 9.37. The van der Waals surface area contributed by atoms with Gasteiger partial charge in [0, 0.05) is 18.1 Å². The number of ether oxygens (including phenoxy) is 1. The molecule has 29 heavy (non-hydrogen) atoms. The molecule has 0 aliphatic heterocycles. The van der Waals surface area contributed by atoms with Gasteiger partial charge in [-0.2, -0.15) is 0 Å². The molecule has 3 aromatic rings. The standard InChI is InChI=1S/C25H28N2O2/c1-17(2)23-10-5-18(3)15-24(23)29-19(4)25(28)27-22-8-6-20(7-9-22)16-21-11-13-26-14-12-21/h5-15,17,19H,16H2,1-4H3,(H,27,28). The average molecular weight is 389 g/mol. The van der Waals surface area contributed by atoms with Crippen molar-refractivity contribution in [2.75, 3.05) is 5.32 Å². The van der Waals surface area contributed by atoms with Crippen molar-refractivity contribution in [2.24, 2.45) is 0 Å². The van der Waals surface area contributed by atoms with E-state index in [4.69, 9.17) is 4.74 Å². The van der Waals surface area contributed by atoms with Gasteiger partial charge in [-0.25, -0.2) is 0 Å². The first-order chi connectivity index (χ1) is 13.9. The summed E-state index contributed by atoms with van der Waals surface area (Å²) >= 11 is 0. The summed E-state index contributed by atoms with van der Waals surface area (Å²) in [6, 6.07) is 18.0. The van der Waals surface area contributed by atoms with Gasteiger partial charge in [0.05, 0.1) is 0 Å². The highest BCUT2D eigenvalue weighted by Crippen LogP contribution is 2.28. The van der Waals surface area contributed by atoms with E-state index >= 15 is 0 Å². The first-order valence-corrected chi connectivity index (χ1v) is 9.98. The molecule has 4 nitrogen and oxygen atoms in total. The van der Waals surface area contributed by atoms with Crippen LogP contribution in [0.5, 0.6) is 5.75 Å². The molecule has 1 unspecified atom stereocenters. The Kier molecular flexibility index (Phi) is 6.65. The van der Waals surface area contributed by atoms with Gasteiger partial charge in [0.15, 0.2) is 6.10 Å². The predicted octanol–water partition coefficient (Wildman–Crippen LogP) is 5.51. The molecule has 0 spiro atoms.